The first-order valence-electron chi connectivity index (χ1n) is 4.70. The zero-order chi connectivity index (χ0) is 14.8. The van der Waals surface area contributed by atoms with Crippen molar-refractivity contribution in [1.82, 2.24) is 0 Å². The molecule has 0 aliphatic carbocycles. The molecular formula is C10H6BrF6NO. The third-order valence-corrected chi connectivity index (χ3v) is 2.56. The Morgan fingerprint density at radius 3 is 2.11 bits per heavy atom. The lowest BCUT2D eigenvalue weighted by atomic mass is 10.1. The molecule has 0 saturated carbocycles. The van der Waals surface area contributed by atoms with Crippen LogP contribution < -0.4 is 5.32 Å². The Morgan fingerprint density at radius 2 is 1.68 bits per heavy atom. The van der Waals surface area contributed by atoms with Crippen molar-refractivity contribution in [1.29, 1.82) is 0 Å². The van der Waals surface area contributed by atoms with E-state index in [4.69, 9.17) is 0 Å². The number of anilines is 1. The number of halogens is 7. The number of hydrogen-bond acceptors (Lipinski definition) is 1. The fourth-order valence-corrected chi connectivity index (χ4v) is 1.39. The van der Waals surface area contributed by atoms with Crippen LogP contribution in [0, 0.1) is 0 Å². The number of nitrogens with one attached hydrogen (secondary N) is 1. The molecule has 2 nitrogen and oxygen atoms in total. The van der Waals surface area contributed by atoms with Crippen LogP contribution in [0.3, 0.4) is 0 Å². The van der Waals surface area contributed by atoms with Crippen molar-refractivity contribution in [3.05, 3.63) is 29.3 Å². The molecule has 0 aromatic heterocycles. The van der Waals surface area contributed by atoms with E-state index in [1.54, 1.807) is 0 Å². The zero-order valence-corrected chi connectivity index (χ0v) is 10.6. The van der Waals surface area contributed by atoms with Gasteiger partial charge in [-0.15, -0.1) is 0 Å². The Labute approximate surface area is 111 Å². The average Bonchev–Trinajstić information content (AvgIpc) is 2.26. The predicted molar refractivity (Wildman–Crippen MR) is 58.9 cm³/mol. The van der Waals surface area contributed by atoms with Crippen LogP contribution in [0.5, 0.6) is 0 Å². The van der Waals surface area contributed by atoms with Crippen LogP contribution in [-0.2, 0) is 17.1 Å². The summed E-state index contributed by atoms with van der Waals surface area (Å²) in [6.45, 7) is 0. The molecule has 0 radical (unpaired) electrons. The summed E-state index contributed by atoms with van der Waals surface area (Å²) in [5.41, 5.74) is -3.70. The van der Waals surface area contributed by atoms with Gasteiger partial charge in [0.05, 0.1) is 22.1 Å². The SMILES string of the molecule is O=C(CBr)Nc1ccc(C(F)(F)F)cc1C(F)(F)F. The maximum atomic E-state index is 12.6. The third kappa shape index (κ3) is 4.12. The molecule has 0 heterocycles. The number of carbonyl (C=O) groups excluding carboxylic acids is 1. The highest BCUT2D eigenvalue weighted by Gasteiger charge is 2.38. The van der Waals surface area contributed by atoms with Crippen LogP contribution in [0.25, 0.3) is 0 Å². The van der Waals surface area contributed by atoms with Crippen molar-refractivity contribution in [2.45, 2.75) is 12.4 Å². The first-order chi connectivity index (χ1) is 8.55. The molecule has 0 spiro atoms. The molecule has 1 rings (SSSR count). The monoisotopic (exact) mass is 349 g/mol. The van der Waals surface area contributed by atoms with Gasteiger partial charge < -0.3 is 5.32 Å². The van der Waals surface area contributed by atoms with Gasteiger partial charge in [0.15, 0.2) is 0 Å². The molecule has 0 saturated heterocycles. The van der Waals surface area contributed by atoms with Gasteiger partial charge in [0, 0.05) is 0 Å². The van der Waals surface area contributed by atoms with Gasteiger partial charge in [0.1, 0.15) is 0 Å². The predicted octanol–water partition coefficient (Wildman–Crippen LogP) is 4.06. The smallest absolute Gasteiger partial charge is 0.325 e. The summed E-state index contributed by atoms with van der Waals surface area (Å²) in [5, 5.41) is 1.60. The fourth-order valence-electron chi connectivity index (χ4n) is 1.25. The molecule has 0 aliphatic rings. The van der Waals surface area contributed by atoms with E-state index < -0.39 is 35.1 Å². The molecule has 1 aromatic carbocycles. The van der Waals surface area contributed by atoms with Gasteiger partial charge in [-0.05, 0) is 18.2 Å². The van der Waals surface area contributed by atoms with E-state index in [1.165, 1.54) is 0 Å². The lowest BCUT2D eigenvalue weighted by molar-refractivity contribution is -0.142. The molecule has 0 bridgehead atoms. The number of carbonyl (C=O) groups is 1. The van der Waals surface area contributed by atoms with Gasteiger partial charge in [-0.2, -0.15) is 26.3 Å². The maximum absolute atomic E-state index is 12.6. The lowest BCUT2D eigenvalue weighted by Gasteiger charge is -2.16. The molecule has 0 atom stereocenters. The molecule has 9 heteroatoms. The Bertz CT molecular complexity index is 482. The normalized spacial score (nSPS) is 12.4. The van der Waals surface area contributed by atoms with E-state index in [2.05, 4.69) is 15.9 Å². The van der Waals surface area contributed by atoms with Gasteiger partial charge in [-0.1, -0.05) is 15.9 Å². The van der Waals surface area contributed by atoms with E-state index in [-0.39, 0.29) is 11.4 Å². The average molecular weight is 350 g/mol. The van der Waals surface area contributed by atoms with Crippen LogP contribution >= 0.6 is 15.9 Å². The minimum atomic E-state index is -5.00. The Morgan fingerprint density at radius 1 is 1.11 bits per heavy atom. The van der Waals surface area contributed by atoms with Crippen LogP contribution in [0.1, 0.15) is 11.1 Å². The van der Waals surface area contributed by atoms with E-state index in [0.717, 1.165) is 0 Å². The highest BCUT2D eigenvalue weighted by molar-refractivity contribution is 9.09. The maximum Gasteiger partial charge on any atom is 0.418 e. The van der Waals surface area contributed by atoms with Gasteiger partial charge in [0.2, 0.25) is 5.91 Å². The van der Waals surface area contributed by atoms with Crippen LogP contribution in [0.15, 0.2) is 18.2 Å². The molecule has 0 aliphatic heterocycles. The second kappa shape index (κ2) is 5.40. The summed E-state index contributed by atoms with van der Waals surface area (Å²) in [4.78, 5) is 11.0. The Balaban J connectivity index is 3.29. The van der Waals surface area contributed by atoms with Gasteiger partial charge in [-0.3, -0.25) is 4.79 Å². The standard InChI is InChI=1S/C10H6BrF6NO/c11-4-8(19)18-7-2-1-5(9(12,13)14)3-6(7)10(15,16)17/h1-3H,4H2,(H,18,19). The van der Waals surface area contributed by atoms with E-state index >= 15 is 0 Å². The zero-order valence-electron chi connectivity index (χ0n) is 8.99. The third-order valence-electron chi connectivity index (χ3n) is 2.05. The highest BCUT2D eigenvalue weighted by Crippen LogP contribution is 2.39. The number of rotatable bonds is 2. The van der Waals surface area contributed by atoms with Gasteiger partial charge in [0.25, 0.3) is 0 Å². The first-order valence-corrected chi connectivity index (χ1v) is 5.82. The highest BCUT2D eigenvalue weighted by atomic mass is 79.9. The van der Waals surface area contributed by atoms with Gasteiger partial charge >= 0.3 is 12.4 Å². The number of hydrogen-bond donors (Lipinski definition) is 1. The second-order valence-corrected chi connectivity index (χ2v) is 4.00. The van der Waals surface area contributed by atoms with E-state index in [0.29, 0.717) is 12.1 Å². The van der Waals surface area contributed by atoms with Crippen LogP contribution in [0.2, 0.25) is 0 Å². The Kier molecular flexibility index (Phi) is 4.49. The number of amides is 1. The van der Waals surface area contributed by atoms with Crippen molar-refractivity contribution in [2.24, 2.45) is 0 Å². The summed E-state index contributed by atoms with van der Waals surface area (Å²) in [6, 6.07) is 1.01. The number of benzene rings is 1. The molecular weight excluding hydrogens is 344 g/mol. The minimum absolute atomic E-state index is 0.0379. The van der Waals surface area contributed by atoms with Crippen LogP contribution in [0.4, 0.5) is 32.0 Å². The summed E-state index contributed by atoms with van der Waals surface area (Å²) in [5.74, 6) is -0.801. The molecule has 106 valence electrons. The lowest BCUT2D eigenvalue weighted by Crippen LogP contribution is -2.18. The molecule has 0 fully saturated rings. The van der Waals surface area contributed by atoms with E-state index in [1.807, 2.05) is 5.32 Å². The van der Waals surface area contributed by atoms with Crippen molar-refractivity contribution >= 4 is 27.5 Å². The number of alkyl halides is 7. The summed E-state index contributed by atoms with van der Waals surface area (Å²) >= 11 is 2.72. The fraction of sp³-hybridized carbons (Fsp3) is 0.300. The topological polar surface area (TPSA) is 29.1 Å². The van der Waals surface area contributed by atoms with E-state index in [9.17, 15) is 31.1 Å². The Hall–Kier alpha value is -1.25. The second-order valence-electron chi connectivity index (χ2n) is 3.44. The quantitative estimate of drug-likeness (QED) is 0.633. The first kappa shape index (κ1) is 15.8. The van der Waals surface area contributed by atoms with Crippen molar-refractivity contribution in [3.8, 4) is 0 Å². The molecule has 0 unspecified atom stereocenters. The summed E-state index contributed by atoms with van der Waals surface area (Å²) < 4.78 is 75.0. The summed E-state index contributed by atoms with van der Waals surface area (Å²) in [7, 11) is 0. The van der Waals surface area contributed by atoms with Crippen molar-refractivity contribution < 1.29 is 31.1 Å². The van der Waals surface area contributed by atoms with Crippen LogP contribution in [-0.4, -0.2) is 11.2 Å². The molecule has 1 aromatic rings. The molecule has 1 amide bonds. The molecule has 1 N–H and O–H groups in total. The van der Waals surface area contributed by atoms with Crippen molar-refractivity contribution in [2.75, 3.05) is 10.6 Å². The van der Waals surface area contributed by atoms with Crippen molar-refractivity contribution in [3.63, 3.8) is 0 Å². The molecule has 19 heavy (non-hydrogen) atoms. The van der Waals surface area contributed by atoms with Gasteiger partial charge in [-0.25, -0.2) is 0 Å². The summed E-state index contributed by atoms with van der Waals surface area (Å²) in [6.07, 6.45) is -9.89. The largest absolute Gasteiger partial charge is 0.418 e. The minimum Gasteiger partial charge on any atom is -0.325 e.